The Morgan fingerprint density at radius 1 is 1.11 bits per heavy atom. The van der Waals surface area contributed by atoms with Crippen LogP contribution in [0.15, 0.2) is 48.1 Å². The largest absolute Gasteiger partial charge is 0.369 e. The first kappa shape index (κ1) is 25.6. The average molecular weight is 507 g/mol. The molecule has 2 aromatic rings. The highest BCUT2D eigenvalue weighted by Gasteiger charge is 2.35. The predicted molar refractivity (Wildman–Crippen MR) is 134 cm³/mol. The second-order valence-electron chi connectivity index (χ2n) is 9.16. The van der Waals surface area contributed by atoms with Gasteiger partial charge in [-0.2, -0.15) is 4.31 Å². The number of rotatable bonds is 9. The van der Waals surface area contributed by atoms with Crippen LogP contribution in [0.1, 0.15) is 18.7 Å². The number of nitrogens with zero attached hydrogens (tertiary/aromatic N) is 5. The van der Waals surface area contributed by atoms with Gasteiger partial charge in [-0.1, -0.05) is 18.2 Å². The Labute approximate surface area is 205 Å². The van der Waals surface area contributed by atoms with Gasteiger partial charge in [0.1, 0.15) is 22.7 Å². The number of para-hydroxylation sites is 1. The molecule has 190 valence electrons. The second kappa shape index (κ2) is 11.1. The smallest absolute Gasteiger partial charge is 0.221 e. The molecule has 1 atom stereocenters. The van der Waals surface area contributed by atoms with Crippen LogP contribution < -0.4 is 5.32 Å². The molecule has 0 amide bonds. The highest BCUT2D eigenvalue weighted by Crippen LogP contribution is 2.28. The number of benzene rings is 1. The summed E-state index contributed by atoms with van der Waals surface area (Å²) in [6.07, 6.45) is 2.66. The molecule has 8 nitrogen and oxygen atoms in total. The number of aromatic nitrogens is 2. The molecule has 0 bridgehead atoms. The van der Waals surface area contributed by atoms with E-state index in [1.54, 1.807) is 0 Å². The van der Waals surface area contributed by atoms with Crippen LogP contribution in [-0.2, 0) is 16.6 Å². The van der Waals surface area contributed by atoms with Crippen LogP contribution >= 0.6 is 0 Å². The van der Waals surface area contributed by atoms with Crippen LogP contribution in [0.3, 0.4) is 0 Å². The monoisotopic (exact) mass is 506 g/mol. The van der Waals surface area contributed by atoms with Gasteiger partial charge >= 0.3 is 0 Å². The van der Waals surface area contributed by atoms with E-state index in [0.717, 1.165) is 42.3 Å². The van der Waals surface area contributed by atoms with Crippen LogP contribution in [0.5, 0.6) is 0 Å². The molecule has 1 aromatic carbocycles. The summed E-state index contributed by atoms with van der Waals surface area (Å²) in [5.41, 5.74) is 0.861. The Kier molecular flexibility index (Phi) is 8.10. The number of nitrogens with one attached hydrogen (secondary N) is 1. The Hall–Kier alpha value is -2.47. The number of sulfonamides is 1. The van der Waals surface area contributed by atoms with Crippen LogP contribution in [0.2, 0.25) is 0 Å². The maximum absolute atomic E-state index is 13.6. The fraction of sp³-hybridized carbons (Fsp3) is 0.500. The predicted octanol–water partition coefficient (Wildman–Crippen LogP) is 2.92. The quantitative estimate of drug-likeness (QED) is 0.524. The minimum Gasteiger partial charge on any atom is -0.369 e. The van der Waals surface area contributed by atoms with Crippen LogP contribution in [0, 0.1) is 0 Å². The summed E-state index contributed by atoms with van der Waals surface area (Å²) in [5, 5.41) is 3.34. The number of allylic oxidation sites excluding steroid dienone is 3. The van der Waals surface area contributed by atoms with E-state index in [9.17, 15) is 17.2 Å². The number of hydrogen-bond acceptors (Lipinski definition) is 7. The van der Waals surface area contributed by atoms with E-state index < -0.39 is 33.3 Å². The third-order valence-electron chi connectivity index (χ3n) is 6.26. The molecule has 1 aliphatic heterocycles. The molecule has 11 heteroatoms. The van der Waals surface area contributed by atoms with Crippen molar-refractivity contribution in [2.75, 3.05) is 58.7 Å². The van der Waals surface area contributed by atoms with E-state index in [4.69, 9.17) is 9.97 Å². The lowest BCUT2D eigenvalue weighted by Gasteiger charge is -2.35. The molecule has 1 aromatic heterocycles. The number of anilines is 1. The van der Waals surface area contributed by atoms with Gasteiger partial charge in [-0.15, -0.1) is 0 Å². The molecule has 4 rings (SSSR count). The van der Waals surface area contributed by atoms with Gasteiger partial charge < -0.3 is 10.2 Å². The van der Waals surface area contributed by atoms with E-state index in [1.807, 2.05) is 38.4 Å². The van der Waals surface area contributed by atoms with Crippen molar-refractivity contribution in [3.8, 4) is 0 Å². The number of piperazine rings is 1. The number of fused-ring (bicyclic) bond motifs is 1. The van der Waals surface area contributed by atoms with Crippen LogP contribution in [0.25, 0.3) is 10.9 Å². The fourth-order valence-electron chi connectivity index (χ4n) is 4.29. The topological polar surface area (TPSA) is 81.7 Å². The number of halogens is 2. The van der Waals surface area contributed by atoms with Crippen molar-refractivity contribution < 1.29 is 17.2 Å². The van der Waals surface area contributed by atoms with Crippen LogP contribution in [-0.4, -0.2) is 91.1 Å². The van der Waals surface area contributed by atoms with E-state index >= 15 is 0 Å². The first-order chi connectivity index (χ1) is 16.7. The minimum absolute atomic E-state index is 0.281. The fourth-order valence-corrected chi connectivity index (χ4v) is 5.98. The van der Waals surface area contributed by atoms with Crippen molar-refractivity contribution in [1.82, 2.24) is 24.1 Å². The lowest BCUT2D eigenvalue weighted by atomic mass is 10.1. The molecule has 0 spiro atoms. The highest BCUT2D eigenvalue weighted by atomic mass is 32.2. The first-order valence-corrected chi connectivity index (χ1v) is 13.3. The standard InChI is InChI=1S/C24H32F2N6O2S/c1-30(2)11-5-10-27-24-19-6-3-4-7-22(19)28-23(29-24)17-31-12-14-32(15-13-31)35(33,34)18-8-9-20(25)21(26)16-18/h3-4,6-9,18H,5,10-17H2,1-2H3,(H,27,28,29). The molecule has 1 N–H and O–H groups in total. The maximum Gasteiger partial charge on any atom is 0.221 e. The average Bonchev–Trinajstić information content (AvgIpc) is 2.83. The lowest BCUT2D eigenvalue weighted by molar-refractivity contribution is 0.177. The van der Waals surface area contributed by atoms with Gasteiger partial charge in [-0.25, -0.2) is 27.2 Å². The Balaban J connectivity index is 1.39. The van der Waals surface area contributed by atoms with Crippen molar-refractivity contribution in [2.24, 2.45) is 0 Å². The summed E-state index contributed by atoms with van der Waals surface area (Å²) in [7, 11) is 0.334. The SMILES string of the molecule is CN(C)CCCNc1nc(CN2CCN(S(=O)(=O)C3C=CC(F)=C(F)C3)CC2)nc2ccccc12. The zero-order chi connectivity index (χ0) is 25.0. The van der Waals surface area contributed by atoms with Gasteiger partial charge in [0.15, 0.2) is 5.83 Å². The molecule has 0 saturated carbocycles. The Morgan fingerprint density at radius 3 is 2.57 bits per heavy atom. The number of hydrogen-bond donors (Lipinski definition) is 1. The van der Waals surface area contributed by atoms with Gasteiger partial charge in [0.25, 0.3) is 0 Å². The second-order valence-corrected chi connectivity index (χ2v) is 11.3. The summed E-state index contributed by atoms with van der Waals surface area (Å²) in [5.74, 6) is -0.535. The molecule has 1 aliphatic carbocycles. The summed E-state index contributed by atoms with van der Waals surface area (Å²) in [6, 6.07) is 7.88. The molecule has 0 radical (unpaired) electrons. The van der Waals surface area contributed by atoms with E-state index in [2.05, 4.69) is 15.1 Å². The Bertz CT molecular complexity index is 1210. The van der Waals surface area contributed by atoms with Gasteiger partial charge in [0.2, 0.25) is 10.0 Å². The lowest BCUT2D eigenvalue weighted by Crippen LogP contribution is -2.50. The van der Waals surface area contributed by atoms with E-state index in [1.165, 1.54) is 10.4 Å². The summed E-state index contributed by atoms with van der Waals surface area (Å²) in [4.78, 5) is 13.7. The van der Waals surface area contributed by atoms with Gasteiger partial charge in [-0.05, 0) is 45.3 Å². The summed E-state index contributed by atoms with van der Waals surface area (Å²) >= 11 is 0. The molecule has 1 saturated heterocycles. The maximum atomic E-state index is 13.6. The molecular weight excluding hydrogens is 474 g/mol. The summed E-state index contributed by atoms with van der Waals surface area (Å²) < 4.78 is 54.1. The third-order valence-corrected chi connectivity index (χ3v) is 8.43. The van der Waals surface area contributed by atoms with Gasteiger partial charge in [0, 0.05) is 44.5 Å². The molecule has 2 aliphatic rings. The van der Waals surface area contributed by atoms with E-state index in [0.29, 0.717) is 25.5 Å². The molecule has 2 heterocycles. The van der Waals surface area contributed by atoms with Crippen molar-refractivity contribution >= 4 is 26.7 Å². The molecular formula is C24H32F2N6O2S. The normalized spacial score (nSPS) is 20.2. The third kappa shape index (κ3) is 6.21. The van der Waals surface area contributed by atoms with E-state index in [-0.39, 0.29) is 13.1 Å². The summed E-state index contributed by atoms with van der Waals surface area (Å²) in [6.45, 7) is 3.84. The van der Waals surface area contributed by atoms with Crippen LogP contribution in [0.4, 0.5) is 14.6 Å². The minimum atomic E-state index is -3.76. The van der Waals surface area contributed by atoms with Crippen molar-refractivity contribution in [3.05, 3.63) is 53.9 Å². The molecule has 35 heavy (non-hydrogen) atoms. The molecule has 1 fully saturated rings. The zero-order valence-corrected chi connectivity index (χ0v) is 20.9. The van der Waals surface area contributed by atoms with Crippen molar-refractivity contribution in [3.63, 3.8) is 0 Å². The van der Waals surface area contributed by atoms with Crippen molar-refractivity contribution in [1.29, 1.82) is 0 Å². The zero-order valence-electron chi connectivity index (χ0n) is 20.1. The first-order valence-electron chi connectivity index (χ1n) is 11.8. The highest BCUT2D eigenvalue weighted by molar-refractivity contribution is 7.89. The Morgan fingerprint density at radius 2 is 1.86 bits per heavy atom. The van der Waals surface area contributed by atoms with Gasteiger partial charge in [0.05, 0.1) is 12.1 Å². The van der Waals surface area contributed by atoms with Crippen molar-refractivity contribution in [2.45, 2.75) is 24.6 Å². The van der Waals surface area contributed by atoms with Gasteiger partial charge in [-0.3, -0.25) is 4.90 Å². The molecule has 1 unspecified atom stereocenters.